The zero-order valence-corrected chi connectivity index (χ0v) is 11.8. The Morgan fingerprint density at radius 1 is 1.15 bits per heavy atom. The smallest absolute Gasteiger partial charge is 0.408 e. The van der Waals surface area contributed by atoms with Gasteiger partial charge in [0, 0.05) is 22.3 Å². The van der Waals surface area contributed by atoms with E-state index in [0.717, 1.165) is 11.3 Å². The van der Waals surface area contributed by atoms with Crippen LogP contribution in [0.2, 0.25) is 10.0 Å². The van der Waals surface area contributed by atoms with Crippen LogP contribution in [-0.2, 0) is 6.54 Å². The molecule has 2 N–H and O–H groups in total. The molecular formula is C14H10Cl2N2O2. The Labute approximate surface area is 124 Å². The largest absolute Gasteiger partial charge is 0.417 e. The van der Waals surface area contributed by atoms with E-state index in [9.17, 15) is 4.79 Å². The first kappa shape index (κ1) is 13.1. The Kier molecular flexibility index (Phi) is 3.42. The van der Waals surface area contributed by atoms with Gasteiger partial charge >= 0.3 is 5.76 Å². The van der Waals surface area contributed by atoms with Gasteiger partial charge in [-0.3, -0.25) is 4.98 Å². The van der Waals surface area contributed by atoms with Crippen LogP contribution in [0, 0.1) is 0 Å². The molecule has 6 heteroatoms. The van der Waals surface area contributed by atoms with Crippen LogP contribution >= 0.6 is 23.2 Å². The van der Waals surface area contributed by atoms with Crippen LogP contribution in [0.5, 0.6) is 0 Å². The molecular weight excluding hydrogens is 299 g/mol. The molecule has 0 fully saturated rings. The molecule has 4 nitrogen and oxygen atoms in total. The molecule has 0 spiro atoms. The highest BCUT2D eigenvalue weighted by molar-refractivity contribution is 6.33. The molecule has 3 aromatic rings. The van der Waals surface area contributed by atoms with Crippen molar-refractivity contribution in [1.29, 1.82) is 0 Å². The summed E-state index contributed by atoms with van der Waals surface area (Å²) in [6.07, 6.45) is 0. The summed E-state index contributed by atoms with van der Waals surface area (Å²) in [6.45, 7) is 0.535. The van der Waals surface area contributed by atoms with Gasteiger partial charge in [-0.1, -0.05) is 23.2 Å². The quantitative estimate of drug-likeness (QED) is 0.767. The number of aromatic amines is 1. The minimum atomic E-state index is -0.463. The lowest BCUT2D eigenvalue weighted by molar-refractivity contribution is 0.555. The minimum Gasteiger partial charge on any atom is -0.408 e. The number of fused-ring (bicyclic) bond motifs is 1. The standard InChI is InChI=1S/C14H10Cl2N2O2/c15-9-1-3-11(16)8(5-9)7-17-10-2-4-13-12(6-10)18-14(19)20-13/h1-6,17H,7H2,(H,18,19). The molecule has 0 bridgehead atoms. The molecule has 2 aromatic carbocycles. The zero-order chi connectivity index (χ0) is 14.1. The van der Waals surface area contributed by atoms with Crippen LogP contribution in [-0.4, -0.2) is 4.98 Å². The molecule has 0 amide bonds. The van der Waals surface area contributed by atoms with Crippen molar-refractivity contribution in [2.45, 2.75) is 6.54 Å². The van der Waals surface area contributed by atoms with Crippen LogP contribution in [0.3, 0.4) is 0 Å². The Balaban J connectivity index is 1.82. The van der Waals surface area contributed by atoms with Crippen molar-refractivity contribution in [2.24, 2.45) is 0 Å². The summed E-state index contributed by atoms with van der Waals surface area (Å²) in [6, 6.07) is 10.7. The van der Waals surface area contributed by atoms with Gasteiger partial charge in [0.15, 0.2) is 5.58 Å². The number of oxazole rings is 1. The molecule has 0 saturated carbocycles. The van der Waals surface area contributed by atoms with Crippen molar-refractivity contribution in [3.05, 3.63) is 62.6 Å². The lowest BCUT2D eigenvalue weighted by Gasteiger charge is -2.08. The predicted octanol–water partition coefficient (Wildman–Crippen LogP) is 4.04. The second kappa shape index (κ2) is 5.23. The van der Waals surface area contributed by atoms with Crippen LogP contribution < -0.4 is 11.1 Å². The second-order valence-electron chi connectivity index (χ2n) is 4.31. The summed E-state index contributed by atoms with van der Waals surface area (Å²) < 4.78 is 4.94. The van der Waals surface area contributed by atoms with Crippen molar-refractivity contribution in [2.75, 3.05) is 5.32 Å². The average Bonchev–Trinajstić information content (AvgIpc) is 2.79. The lowest BCUT2D eigenvalue weighted by atomic mass is 10.2. The second-order valence-corrected chi connectivity index (χ2v) is 5.16. The van der Waals surface area contributed by atoms with E-state index in [1.54, 1.807) is 24.3 Å². The number of anilines is 1. The van der Waals surface area contributed by atoms with Crippen LogP contribution in [0.4, 0.5) is 5.69 Å². The van der Waals surface area contributed by atoms with Gasteiger partial charge in [-0.05, 0) is 42.0 Å². The minimum absolute atomic E-state index is 0.463. The summed E-state index contributed by atoms with van der Waals surface area (Å²) in [5, 5.41) is 4.52. The molecule has 102 valence electrons. The number of aromatic nitrogens is 1. The molecule has 1 heterocycles. The fourth-order valence-corrected chi connectivity index (χ4v) is 2.32. The van der Waals surface area contributed by atoms with Gasteiger partial charge in [0.05, 0.1) is 5.52 Å². The number of nitrogens with one attached hydrogen (secondary N) is 2. The number of hydrogen-bond acceptors (Lipinski definition) is 3. The molecule has 0 radical (unpaired) electrons. The molecule has 0 saturated heterocycles. The highest BCUT2D eigenvalue weighted by Crippen LogP contribution is 2.22. The van der Waals surface area contributed by atoms with E-state index in [2.05, 4.69) is 10.3 Å². The summed E-state index contributed by atoms with van der Waals surface area (Å²) >= 11 is 12.0. The fraction of sp³-hybridized carbons (Fsp3) is 0.0714. The number of H-pyrrole nitrogens is 1. The number of halogens is 2. The fourth-order valence-electron chi connectivity index (χ4n) is 1.94. The van der Waals surface area contributed by atoms with Crippen LogP contribution in [0.25, 0.3) is 11.1 Å². The molecule has 1 aromatic heterocycles. The SMILES string of the molecule is O=c1[nH]c2cc(NCc3cc(Cl)ccc3Cl)ccc2o1. The van der Waals surface area contributed by atoms with E-state index in [1.165, 1.54) is 0 Å². The summed E-state index contributed by atoms with van der Waals surface area (Å²) in [7, 11) is 0. The average molecular weight is 309 g/mol. The highest BCUT2D eigenvalue weighted by Gasteiger charge is 2.04. The summed E-state index contributed by atoms with van der Waals surface area (Å²) in [5.41, 5.74) is 2.93. The van der Waals surface area contributed by atoms with Gasteiger partial charge in [-0.2, -0.15) is 0 Å². The molecule has 0 aliphatic rings. The molecule has 0 aliphatic carbocycles. The zero-order valence-electron chi connectivity index (χ0n) is 10.2. The highest BCUT2D eigenvalue weighted by atomic mass is 35.5. The number of rotatable bonds is 3. The summed E-state index contributed by atoms with van der Waals surface area (Å²) in [4.78, 5) is 13.7. The molecule has 0 unspecified atom stereocenters. The van der Waals surface area contributed by atoms with E-state index in [4.69, 9.17) is 27.6 Å². The Morgan fingerprint density at radius 3 is 2.85 bits per heavy atom. The lowest BCUT2D eigenvalue weighted by Crippen LogP contribution is -2.00. The van der Waals surface area contributed by atoms with Gasteiger partial charge in [-0.15, -0.1) is 0 Å². The van der Waals surface area contributed by atoms with Gasteiger partial charge < -0.3 is 9.73 Å². The third-order valence-corrected chi connectivity index (χ3v) is 3.51. The van der Waals surface area contributed by atoms with E-state index in [0.29, 0.717) is 27.7 Å². The maximum absolute atomic E-state index is 11.1. The van der Waals surface area contributed by atoms with Crippen molar-refractivity contribution in [3.8, 4) is 0 Å². The van der Waals surface area contributed by atoms with Crippen molar-refractivity contribution in [1.82, 2.24) is 4.98 Å². The predicted molar refractivity (Wildman–Crippen MR) is 80.6 cm³/mol. The maximum Gasteiger partial charge on any atom is 0.417 e. The number of benzene rings is 2. The van der Waals surface area contributed by atoms with Crippen molar-refractivity contribution >= 4 is 40.0 Å². The Morgan fingerprint density at radius 2 is 2.00 bits per heavy atom. The normalized spacial score (nSPS) is 10.9. The Bertz CT molecular complexity index is 823. The molecule has 3 rings (SSSR count). The molecule has 0 atom stereocenters. The first-order valence-electron chi connectivity index (χ1n) is 5.92. The van der Waals surface area contributed by atoms with Crippen molar-refractivity contribution in [3.63, 3.8) is 0 Å². The van der Waals surface area contributed by atoms with E-state index >= 15 is 0 Å². The summed E-state index contributed by atoms with van der Waals surface area (Å²) in [5.74, 6) is -0.463. The van der Waals surface area contributed by atoms with E-state index in [1.807, 2.05) is 12.1 Å². The van der Waals surface area contributed by atoms with Crippen molar-refractivity contribution < 1.29 is 4.42 Å². The maximum atomic E-state index is 11.1. The first-order valence-corrected chi connectivity index (χ1v) is 6.68. The Hall–Kier alpha value is -1.91. The molecule has 0 aliphatic heterocycles. The van der Waals surface area contributed by atoms with Crippen LogP contribution in [0.1, 0.15) is 5.56 Å². The van der Waals surface area contributed by atoms with Gasteiger partial charge in [0.1, 0.15) is 0 Å². The van der Waals surface area contributed by atoms with Gasteiger partial charge in [0.2, 0.25) is 0 Å². The van der Waals surface area contributed by atoms with E-state index in [-0.39, 0.29) is 0 Å². The van der Waals surface area contributed by atoms with Gasteiger partial charge in [-0.25, -0.2) is 4.79 Å². The third kappa shape index (κ3) is 2.66. The number of hydrogen-bond donors (Lipinski definition) is 2. The van der Waals surface area contributed by atoms with E-state index < -0.39 is 5.76 Å². The van der Waals surface area contributed by atoms with Crippen LogP contribution in [0.15, 0.2) is 45.6 Å². The third-order valence-electron chi connectivity index (χ3n) is 2.91. The monoisotopic (exact) mass is 308 g/mol. The first-order chi connectivity index (χ1) is 9.61. The molecule has 20 heavy (non-hydrogen) atoms. The topological polar surface area (TPSA) is 58.0 Å². The van der Waals surface area contributed by atoms with Gasteiger partial charge in [0.25, 0.3) is 0 Å².